The minimum absolute atomic E-state index is 0.250. The highest BCUT2D eigenvalue weighted by Crippen LogP contribution is 2.39. The Morgan fingerprint density at radius 1 is 1.41 bits per heavy atom. The van der Waals surface area contributed by atoms with Crippen LogP contribution in [0.5, 0.6) is 0 Å². The fourth-order valence-electron chi connectivity index (χ4n) is 3.94. The number of H-pyrrole nitrogens is 1. The van der Waals surface area contributed by atoms with Gasteiger partial charge in [0.2, 0.25) is 0 Å². The van der Waals surface area contributed by atoms with Crippen LogP contribution < -0.4 is 10.9 Å². The standard InChI is InChI=1S/C16H19FN4O/c1-21-4-2-3-9(8-21)12-7-18-13-6-10(17)5-11-14(13)15(12)19-20-16(11)22/h5-6,9,12,18H,2-4,7-8H2,1H3,(H,20,22)/t9-,12-/m0/s1. The number of aromatic amines is 1. The number of hydrogen-bond acceptors (Lipinski definition) is 4. The molecule has 1 saturated heterocycles. The van der Waals surface area contributed by atoms with Gasteiger partial charge in [-0.2, -0.15) is 5.10 Å². The molecule has 0 amide bonds. The Labute approximate surface area is 127 Å². The molecule has 1 fully saturated rings. The Bertz CT molecular complexity index is 788. The Morgan fingerprint density at radius 3 is 3.09 bits per heavy atom. The van der Waals surface area contributed by atoms with Crippen LogP contribution >= 0.6 is 0 Å². The van der Waals surface area contributed by atoms with Gasteiger partial charge in [0.15, 0.2) is 0 Å². The van der Waals surface area contributed by atoms with Gasteiger partial charge in [-0.25, -0.2) is 9.49 Å². The first kappa shape index (κ1) is 13.7. The van der Waals surface area contributed by atoms with E-state index in [0.717, 1.165) is 37.1 Å². The Balaban J connectivity index is 1.86. The summed E-state index contributed by atoms with van der Waals surface area (Å²) in [4.78, 5) is 14.3. The number of likely N-dealkylation sites (tertiary alicyclic amines) is 1. The van der Waals surface area contributed by atoms with Crippen LogP contribution in [0, 0.1) is 11.7 Å². The van der Waals surface area contributed by atoms with E-state index in [1.165, 1.54) is 18.6 Å². The van der Waals surface area contributed by atoms with Crippen molar-refractivity contribution < 1.29 is 4.39 Å². The first-order valence-electron chi connectivity index (χ1n) is 7.77. The molecule has 2 aliphatic heterocycles. The summed E-state index contributed by atoms with van der Waals surface area (Å²) < 4.78 is 13.7. The number of nitrogens with zero attached hydrogens (tertiary/aromatic N) is 2. The lowest BCUT2D eigenvalue weighted by atomic mass is 9.80. The molecule has 0 spiro atoms. The summed E-state index contributed by atoms with van der Waals surface area (Å²) in [6.07, 6.45) is 2.34. The van der Waals surface area contributed by atoms with E-state index in [9.17, 15) is 9.18 Å². The Morgan fingerprint density at radius 2 is 2.27 bits per heavy atom. The molecule has 6 heteroatoms. The quantitative estimate of drug-likeness (QED) is 0.845. The van der Waals surface area contributed by atoms with Gasteiger partial charge in [-0.05, 0) is 44.5 Å². The van der Waals surface area contributed by atoms with Gasteiger partial charge in [-0.15, -0.1) is 0 Å². The summed E-state index contributed by atoms with van der Waals surface area (Å²) in [5.41, 5.74) is 1.26. The van der Waals surface area contributed by atoms with Crippen LogP contribution in [0.3, 0.4) is 0 Å². The molecule has 0 bridgehead atoms. The van der Waals surface area contributed by atoms with Crippen LogP contribution in [0.2, 0.25) is 0 Å². The van der Waals surface area contributed by atoms with E-state index in [1.54, 1.807) is 0 Å². The number of benzene rings is 1. The molecule has 2 atom stereocenters. The summed E-state index contributed by atoms with van der Waals surface area (Å²) in [5, 5.41) is 11.4. The van der Waals surface area contributed by atoms with Gasteiger partial charge in [-0.3, -0.25) is 4.79 Å². The molecule has 5 nitrogen and oxygen atoms in total. The van der Waals surface area contributed by atoms with Crippen LogP contribution in [0.25, 0.3) is 10.8 Å². The van der Waals surface area contributed by atoms with Crippen molar-refractivity contribution in [1.29, 1.82) is 0 Å². The van der Waals surface area contributed by atoms with Crippen LogP contribution in [0.15, 0.2) is 16.9 Å². The monoisotopic (exact) mass is 302 g/mol. The number of rotatable bonds is 1. The number of aromatic nitrogens is 2. The van der Waals surface area contributed by atoms with Crippen LogP contribution in [0.1, 0.15) is 24.5 Å². The molecule has 0 aliphatic carbocycles. The van der Waals surface area contributed by atoms with Crippen molar-refractivity contribution in [3.8, 4) is 0 Å². The van der Waals surface area contributed by atoms with E-state index < -0.39 is 5.82 Å². The van der Waals surface area contributed by atoms with Gasteiger partial charge in [0.25, 0.3) is 5.56 Å². The molecule has 116 valence electrons. The van der Waals surface area contributed by atoms with Crippen molar-refractivity contribution in [2.45, 2.75) is 18.8 Å². The van der Waals surface area contributed by atoms with Crippen molar-refractivity contribution in [2.75, 3.05) is 32.0 Å². The average Bonchev–Trinajstić information content (AvgIpc) is 2.50. The number of nitrogens with one attached hydrogen (secondary N) is 2. The highest BCUT2D eigenvalue weighted by Gasteiger charge is 2.33. The van der Waals surface area contributed by atoms with Crippen LogP contribution in [0.4, 0.5) is 10.1 Å². The fraction of sp³-hybridized carbons (Fsp3) is 0.500. The summed E-state index contributed by atoms with van der Waals surface area (Å²) in [7, 11) is 2.14. The van der Waals surface area contributed by atoms with Gasteiger partial charge < -0.3 is 10.2 Å². The summed E-state index contributed by atoms with van der Waals surface area (Å²) in [6.45, 7) is 2.90. The third-order valence-electron chi connectivity index (χ3n) is 4.98. The van der Waals surface area contributed by atoms with Crippen LogP contribution in [-0.4, -0.2) is 41.8 Å². The molecule has 1 aromatic heterocycles. The smallest absolute Gasteiger partial charge is 0.272 e. The third-order valence-corrected chi connectivity index (χ3v) is 4.98. The van der Waals surface area contributed by atoms with Crippen molar-refractivity contribution in [3.63, 3.8) is 0 Å². The number of piperidine rings is 1. The normalized spacial score (nSPS) is 25.2. The summed E-state index contributed by atoms with van der Waals surface area (Å²) in [6, 6.07) is 2.76. The molecule has 2 N–H and O–H groups in total. The number of hydrogen-bond donors (Lipinski definition) is 2. The van der Waals surface area contributed by atoms with E-state index in [2.05, 4.69) is 27.5 Å². The molecule has 0 unspecified atom stereocenters. The van der Waals surface area contributed by atoms with Crippen molar-refractivity contribution in [1.82, 2.24) is 15.1 Å². The molecule has 0 radical (unpaired) electrons. The maximum atomic E-state index is 13.7. The molecule has 3 heterocycles. The highest BCUT2D eigenvalue weighted by atomic mass is 19.1. The molecular formula is C16H19FN4O. The van der Waals surface area contributed by atoms with E-state index in [0.29, 0.717) is 17.0 Å². The first-order chi connectivity index (χ1) is 10.6. The number of anilines is 1. The maximum absolute atomic E-state index is 13.7. The van der Waals surface area contributed by atoms with Gasteiger partial charge in [0, 0.05) is 30.1 Å². The minimum atomic E-state index is -0.395. The lowest BCUT2D eigenvalue weighted by Gasteiger charge is -2.37. The molecule has 4 rings (SSSR count). The molecule has 2 aliphatic rings. The lowest BCUT2D eigenvalue weighted by Crippen LogP contribution is -2.38. The fourth-order valence-corrected chi connectivity index (χ4v) is 3.94. The van der Waals surface area contributed by atoms with E-state index in [4.69, 9.17) is 0 Å². The SMILES string of the molecule is CN1CCC[C@H]([C@@H]2CNc3cc(F)cc4c(=O)[nH]nc2c34)C1. The molecule has 0 saturated carbocycles. The van der Waals surface area contributed by atoms with Crippen molar-refractivity contribution in [2.24, 2.45) is 5.92 Å². The van der Waals surface area contributed by atoms with E-state index in [1.807, 2.05) is 0 Å². The van der Waals surface area contributed by atoms with E-state index in [-0.39, 0.29) is 11.5 Å². The van der Waals surface area contributed by atoms with Gasteiger partial charge >= 0.3 is 0 Å². The highest BCUT2D eigenvalue weighted by molar-refractivity contribution is 5.96. The lowest BCUT2D eigenvalue weighted by molar-refractivity contribution is 0.188. The van der Waals surface area contributed by atoms with Crippen LogP contribution in [-0.2, 0) is 0 Å². The molecular weight excluding hydrogens is 283 g/mol. The first-order valence-corrected chi connectivity index (χ1v) is 7.77. The predicted molar refractivity (Wildman–Crippen MR) is 83.8 cm³/mol. The van der Waals surface area contributed by atoms with E-state index >= 15 is 0 Å². The van der Waals surface area contributed by atoms with Gasteiger partial charge in [0.1, 0.15) is 5.82 Å². The largest absolute Gasteiger partial charge is 0.384 e. The van der Waals surface area contributed by atoms with Crippen molar-refractivity contribution >= 4 is 16.5 Å². The molecule has 2 aromatic rings. The summed E-state index contributed by atoms with van der Waals surface area (Å²) in [5.74, 6) is 0.361. The Kier molecular flexibility index (Phi) is 3.14. The average molecular weight is 302 g/mol. The topological polar surface area (TPSA) is 61.0 Å². The zero-order valence-corrected chi connectivity index (χ0v) is 12.5. The van der Waals surface area contributed by atoms with Crippen molar-refractivity contribution in [3.05, 3.63) is 34.0 Å². The number of halogens is 1. The molecule has 1 aromatic carbocycles. The second-order valence-electron chi connectivity index (χ2n) is 6.47. The zero-order valence-electron chi connectivity index (χ0n) is 12.5. The zero-order chi connectivity index (χ0) is 15.3. The van der Waals surface area contributed by atoms with Gasteiger partial charge in [0.05, 0.1) is 11.1 Å². The molecule has 22 heavy (non-hydrogen) atoms. The minimum Gasteiger partial charge on any atom is -0.384 e. The third kappa shape index (κ3) is 2.09. The van der Waals surface area contributed by atoms with Gasteiger partial charge in [-0.1, -0.05) is 0 Å². The predicted octanol–water partition coefficient (Wildman–Crippen LogP) is 1.91. The maximum Gasteiger partial charge on any atom is 0.272 e. The Hall–Kier alpha value is -1.95. The second kappa shape index (κ2) is 5.05. The summed E-state index contributed by atoms with van der Waals surface area (Å²) >= 11 is 0. The second-order valence-corrected chi connectivity index (χ2v) is 6.47.